The molecule has 1 amide bonds. The van der Waals surface area contributed by atoms with E-state index >= 15 is 0 Å². The molecule has 0 spiro atoms. The number of ether oxygens (including phenoxy) is 2. The second-order valence-corrected chi connectivity index (χ2v) is 7.82. The summed E-state index contributed by atoms with van der Waals surface area (Å²) in [6.45, 7) is 0.0994. The molecule has 0 bridgehead atoms. The third kappa shape index (κ3) is 5.42. The van der Waals surface area contributed by atoms with Crippen LogP contribution in [0.2, 0.25) is 5.02 Å². The molecule has 1 atom stereocenters. The summed E-state index contributed by atoms with van der Waals surface area (Å²) in [6, 6.07) is 16.3. The Hall–Kier alpha value is -2.79. The van der Waals surface area contributed by atoms with Gasteiger partial charge in [-0.3, -0.25) is 0 Å². The summed E-state index contributed by atoms with van der Waals surface area (Å²) in [4.78, 5) is 25.8. The highest BCUT2D eigenvalue weighted by Crippen LogP contribution is 2.35. The number of rotatable bonds is 7. The molecule has 1 aliphatic rings. The van der Waals surface area contributed by atoms with Gasteiger partial charge in [-0.05, 0) is 48.9 Å². The molecule has 3 rings (SSSR count). The van der Waals surface area contributed by atoms with Gasteiger partial charge in [0, 0.05) is 11.4 Å². The number of methoxy groups -OCH3 is 1. The predicted molar refractivity (Wildman–Crippen MR) is 116 cm³/mol. The first-order valence-electron chi connectivity index (χ1n) is 10.0. The van der Waals surface area contributed by atoms with Crippen molar-refractivity contribution in [1.29, 1.82) is 0 Å². The van der Waals surface area contributed by atoms with Crippen molar-refractivity contribution in [3.8, 4) is 0 Å². The number of hydrogen-bond acceptors (Lipinski definition) is 4. The average Bonchev–Trinajstić information content (AvgIpc) is 2.78. The number of esters is 1. The maximum absolute atomic E-state index is 13.1. The zero-order valence-electron chi connectivity index (χ0n) is 17.0. The molecule has 0 saturated carbocycles. The number of benzene rings is 2. The molecule has 0 heterocycles. The number of hydrogen-bond donors (Lipinski definition) is 1. The lowest BCUT2D eigenvalue weighted by molar-refractivity contribution is -0.149. The molecule has 5 nitrogen and oxygen atoms in total. The van der Waals surface area contributed by atoms with Crippen LogP contribution in [0, 0.1) is 0 Å². The Bertz CT molecular complexity index is 912. The van der Waals surface area contributed by atoms with Gasteiger partial charge in [0.2, 0.25) is 0 Å². The number of alkyl carbamates (subject to hydrolysis) is 1. The normalized spacial score (nSPS) is 15.5. The molecule has 0 fully saturated rings. The smallest absolute Gasteiger partial charge is 0.408 e. The molecule has 0 aromatic heterocycles. The molecular weight excluding hydrogens is 402 g/mol. The highest BCUT2D eigenvalue weighted by atomic mass is 35.5. The lowest BCUT2D eigenvalue weighted by Crippen LogP contribution is -2.53. The molecule has 1 unspecified atom stereocenters. The Morgan fingerprint density at radius 3 is 2.57 bits per heavy atom. The molecule has 0 aliphatic heterocycles. The molecule has 2 aromatic rings. The first-order valence-corrected chi connectivity index (χ1v) is 10.4. The molecule has 0 saturated heterocycles. The van der Waals surface area contributed by atoms with Gasteiger partial charge in [-0.2, -0.15) is 0 Å². The van der Waals surface area contributed by atoms with Crippen LogP contribution < -0.4 is 5.32 Å². The quantitative estimate of drug-likeness (QED) is 0.466. The summed E-state index contributed by atoms with van der Waals surface area (Å²) in [5.74, 6) is -0.562. The summed E-state index contributed by atoms with van der Waals surface area (Å²) in [5, 5.41) is 3.28. The Morgan fingerprint density at radius 1 is 1.10 bits per heavy atom. The molecule has 1 aliphatic carbocycles. The first kappa shape index (κ1) is 21.9. The third-order valence-electron chi connectivity index (χ3n) is 5.26. The molecule has 6 heteroatoms. The summed E-state index contributed by atoms with van der Waals surface area (Å²) in [6.07, 6.45) is 5.76. The van der Waals surface area contributed by atoms with Crippen molar-refractivity contribution in [2.45, 2.75) is 44.2 Å². The van der Waals surface area contributed by atoms with Gasteiger partial charge in [0.15, 0.2) is 5.54 Å². The zero-order valence-corrected chi connectivity index (χ0v) is 17.8. The standard InChI is InChI=1S/C24H26ClNO4/c1-29-22(27)24(16-18-9-4-2-5-10-18,20-13-8-14-21(25)15-20)26-23(28)30-17-19-11-6-3-7-12-19/h3,6-9,11-15H,2,4-5,10,16-17H2,1H3,(H,26,28). The van der Waals surface area contributed by atoms with Crippen molar-refractivity contribution in [2.24, 2.45) is 0 Å². The van der Waals surface area contributed by atoms with Crippen molar-refractivity contribution in [2.75, 3.05) is 7.11 Å². The number of amides is 1. The Labute approximate surface area is 182 Å². The van der Waals surface area contributed by atoms with Crippen LogP contribution in [0.5, 0.6) is 0 Å². The van der Waals surface area contributed by atoms with Gasteiger partial charge < -0.3 is 14.8 Å². The highest BCUT2D eigenvalue weighted by molar-refractivity contribution is 6.30. The lowest BCUT2D eigenvalue weighted by Gasteiger charge is -2.34. The van der Waals surface area contributed by atoms with Gasteiger partial charge in [-0.1, -0.05) is 65.7 Å². The Morgan fingerprint density at radius 2 is 1.90 bits per heavy atom. The summed E-state index contributed by atoms with van der Waals surface area (Å²) in [7, 11) is 1.31. The Balaban J connectivity index is 1.90. The third-order valence-corrected chi connectivity index (χ3v) is 5.49. The van der Waals surface area contributed by atoms with Gasteiger partial charge in [0.25, 0.3) is 0 Å². The summed E-state index contributed by atoms with van der Waals surface area (Å²) >= 11 is 6.21. The van der Waals surface area contributed by atoms with Crippen LogP contribution in [0.4, 0.5) is 4.79 Å². The minimum absolute atomic E-state index is 0.0994. The van der Waals surface area contributed by atoms with Crippen molar-refractivity contribution in [1.82, 2.24) is 5.32 Å². The van der Waals surface area contributed by atoms with Gasteiger partial charge >= 0.3 is 12.1 Å². The van der Waals surface area contributed by atoms with E-state index in [2.05, 4.69) is 11.4 Å². The van der Waals surface area contributed by atoms with E-state index in [-0.39, 0.29) is 6.61 Å². The van der Waals surface area contributed by atoms with Crippen LogP contribution in [0.15, 0.2) is 66.2 Å². The molecule has 30 heavy (non-hydrogen) atoms. The van der Waals surface area contributed by atoms with E-state index in [0.29, 0.717) is 17.0 Å². The van der Waals surface area contributed by atoms with Gasteiger partial charge in [-0.15, -0.1) is 0 Å². The fraction of sp³-hybridized carbons (Fsp3) is 0.333. The number of carbonyl (C=O) groups is 2. The highest BCUT2D eigenvalue weighted by Gasteiger charge is 2.44. The molecule has 158 valence electrons. The molecule has 0 radical (unpaired) electrons. The number of nitrogens with one attached hydrogen (secondary N) is 1. The molecule has 2 aromatic carbocycles. The van der Waals surface area contributed by atoms with Crippen LogP contribution in [0.1, 0.15) is 43.2 Å². The van der Waals surface area contributed by atoms with Crippen LogP contribution >= 0.6 is 11.6 Å². The number of carbonyl (C=O) groups excluding carboxylic acids is 2. The maximum atomic E-state index is 13.1. The minimum Gasteiger partial charge on any atom is -0.467 e. The second-order valence-electron chi connectivity index (χ2n) is 7.38. The van der Waals surface area contributed by atoms with E-state index in [1.54, 1.807) is 24.3 Å². The fourth-order valence-corrected chi connectivity index (χ4v) is 3.92. The van der Waals surface area contributed by atoms with E-state index in [4.69, 9.17) is 21.1 Å². The topological polar surface area (TPSA) is 64.6 Å². The van der Waals surface area contributed by atoms with E-state index in [9.17, 15) is 9.59 Å². The lowest BCUT2D eigenvalue weighted by atomic mass is 9.81. The van der Waals surface area contributed by atoms with Gasteiger partial charge in [-0.25, -0.2) is 9.59 Å². The van der Waals surface area contributed by atoms with E-state index in [1.165, 1.54) is 7.11 Å². The van der Waals surface area contributed by atoms with Crippen molar-refractivity contribution >= 4 is 23.7 Å². The SMILES string of the molecule is COC(=O)C(CC1=CCCCC1)(NC(=O)OCc1ccccc1)c1cccc(Cl)c1. The number of halogens is 1. The van der Waals surface area contributed by atoms with Crippen LogP contribution in [-0.2, 0) is 26.4 Å². The Kier molecular flexibility index (Phi) is 7.52. The maximum Gasteiger partial charge on any atom is 0.408 e. The minimum atomic E-state index is -1.42. The average molecular weight is 428 g/mol. The van der Waals surface area contributed by atoms with E-state index < -0.39 is 17.6 Å². The zero-order chi connectivity index (χ0) is 21.4. The first-order chi connectivity index (χ1) is 14.5. The predicted octanol–water partition coefficient (Wildman–Crippen LogP) is 5.53. The van der Waals surface area contributed by atoms with Crippen LogP contribution in [0.25, 0.3) is 0 Å². The van der Waals surface area contributed by atoms with Crippen LogP contribution in [-0.4, -0.2) is 19.2 Å². The summed E-state index contributed by atoms with van der Waals surface area (Å²) in [5.41, 5.74) is 1.10. The van der Waals surface area contributed by atoms with E-state index in [0.717, 1.165) is 36.8 Å². The number of allylic oxidation sites excluding steroid dienone is 1. The summed E-state index contributed by atoms with van der Waals surface area (Å²) < 4.78 is 10.5. The van der Waals surface area contributed by atoms with Crippen molar-refractivity contribution in [3.63, 3.8) is 0 Å². The van der Waals surface area contributed by atoms with Gasteiger partial charge in [0.1, 0.15) is 6.61 Å². The van der Waals surface area contributed by atoms with E-state index in [1.807, 2.05) is 30.3 Å². The molecule has 1 N–H and O–H groups in total. The molecular formula is C24H26ClNO4. The van der Waals surface area contributed by atoms with Crippen LogP contribution in [0.3, 0.4) is 0 Å². The van der Waals surface area contributed by atoms with Crippen molar-refractivity contribution in [3.05, 3.63) is 82.4 Å². The largest absolute Gasteiger partial charge is 0.467 e. The fourth-order valence-electron chi connectivity index (χ4n) is 3.73. The second kappa shape index (κ2) is 10.3. The van der Waals surface area contributed by atoms with Crippen molar-refractivity contribution < 1.29 is 19.1 Å². The monoisotopic (exact) mass is 427 g/mol. The van der Waals surface area contributed by atoms with Gasteiger partial charge in [0.05, 0.1) is 7.11 Å².